The molecular weight excluding hydrogens is 399 g/mol. The summed E-state index contributed by atoms with van der Waals surface area (Å²) >= 11 is 0. The number of primary amides is 1. The van der Waals surface area contributed by atoms with Crippen LogP contribution in [0.3, 0.4) is 0 Å². The minimum absolute atomic E-state index is 0.0463. The molecule has 1 aliphatic rings. The van der Waals surface area contributed by atoms with E-state index in [1.54, 1.807) is 16.9 Å². The number of hydrazone groups is 1. The van der Waals surface area contributed by atoms with Crippen LogP contribution >= 0.6 is 0 Å². The summed E-state index contributed by atoms with van der Waals surface area (Å²) in [5.41, 5.74) is 8.32. The maximum absolute atomic E-state index is 13.2. The number of carbonyl (C=O) groups is 2. The number of hydrogen-bond donors (Lipinski definition) is 2. The Morgan fingerprint density at radius 2 is 1.84 bits per heavy atom. The number of aryl methyl sites for hydroxylation is 1. The molecule has 1 aromatic heterocycles. The zero-order chi connectivity index (χ0) is 22.0. The Hall–Kier alpha value is -4.01. The van der Waals surface area contributed by atoms with Gasteiger partial charge >= 0.3 is 0 Å². The van der Waals surface area contributed by atoms with Crippen molar-refractivity contribution in [1.29, 1.82) is 0 Å². The number of benzene rings is 2. The van der Waals surface area contributed by atoms with E-state index in [-0.39, 0.29) is 12.1 Å². The SMILES string of the molecule is Cc1ccc(Cn2nccc2NC(=O)C2=NN(c3ccc(F)cc3)C(C(N)=O)C2)cc1. The number of aromatic nitrogens is 2. The first-order valence-corrected chi connectivity index (χ1v) is 9.71. The number of nitrogens with zero attached hydrogens (tertiary/aromatic N) is 4. The molecule has 31 heavy (non-hydrogen) atoms. The van der Waals surface area contributed by atoms with Crippen molar-refractivity contribution in [3.63, 3.8) is 0 Å². The summed E-state index contributed by atoms with van der Waals surface area (Å²) in [4.78, 5) is 24.7. The molecule has 4 rings (SSSR count). The summed E-state index contributed by atoms with van der Waals surface area (Å²) in [6.07, 6.45) is 1.64. The van der Waals surface area contributed by atoms with Crippen molar-refractivity contribution in [2.75, 3.05) is 10.3 Å². The summed E-state index contributed by atoms with van der Waals surface area (Å²) in [6, 6.07) is 14.3. The van der Waals surface area contributed by atoms with Crippen LogP contribution in [0.2, 0.25) is 0 Å². The third-order valence-corrected chi connectivity index (χ3v) is 5.00. The molecule has 1 unspecified atom stereocenters. The maximum atomic E-state index is 13.2. The normalized spacial score (nSPS) is 15.6. The van der Waals surface area contributed by atoms with E-state index in [4.69, 9.17) is 5.73 Å². The summed E-state index contributed by atoms with van der Waals surface area (Å²) < 4.78 is 14.9. The monoisotopic (exact) mass is 420 g/mol. The van der Waals surface area contributed by atoms with Gasteiger partial charge in [0.2, 0.25) is 5.91 Å². The summed E-state index contributed by atoms with van der Waals surface area (Å²) in [6.45, 7) is 2.50. The Kier molecular flexibility index (Phi) is 5.48. The van der Waals surface area contributed by atoms with Crippen LogP contribution in [-0.4, -0.2) is 33.3 Å². The van der Waals surface area contributed by atoms with Crippen LogP contribution in [0.5, 0.6) is 0 Å². The molecule has 0 radical (unpaired) electrons. The van der Waals surface area contributed by atoms with Crippen LogP contribution in [0, 0.1) is 12.7 Å². The maximum Gasteiger partial charge on any atom is 0.273 e. The van der Waals surface area contributed by atoms with Crippen molar-refractivity contribution >= 4 is 29.0 Å². The van der Waals surface area contributed by atoms with E-state index < -0.39 is 23.7 Å². The topological polar surface area (TPSA) is 106 Å². The van der Waals surface area contributed by atoms with Crippen LogP contribution < -0.4 is 16.1 Å². The van der Waals surface area contributed by atoms with E-state index in [0.717, 1.165) is 11.1 Å². The predicted molar refractivity (Wildman–Crippen MR) is 115 cm³/mol. The van der Waals surface area contributed by atoms with E-state index in [9.17, 15) is 14.0 Å². The second-order valence-electron chi connectivity index (χ2n) is 7.30. The van der Waals surface area contributed by atoms with Crippen molar-refractivity contribution in [2.24, 2.45) is 10.8 Å². The van der Waals surface area contributed by atoms with Crippen LogP contribution in [-0.2, 0) is 16.1 Å². The van der Waals surface area contributed by atoms with Gasteiger partial charge < -0.3 is 11.1 Å². The molecule has 158 valence electrons. The Balaban J connectivity index is 1.51. The average molecular weight is 420 g/mol. The zero-order valence-electron chi connectivity index (χ0n) is 16.8. The standard InChI is InChI=1S/C22H21FN6O2/c1-14-2-4-15(5-3-14)13-28-20(10-11-25-28)26-22(31)18-12-19(21(24)30)29(27-18)17-8-6-16(23)7-9-17/h2-11,19H,12-13H2,1H3,(H2,24,30)(H,26,31). The number of amides is 2. The first-order valence-electron chi connectivity index (χ1n) is 9.71. The van der Waals surface area contributed by atoms with Gasteiger partial charge in [-0.15, -0.1) is 0 Å². The fourth-order valence-electron chi connectivity index (χ4n) is 3.32. The molecule has 9 heteroatoms. The molecule has 8 nitrogen and oxygen atoms in total. The van der Waals surface area contributed by atoms with Gasteiger partial charge in [0.1, 0.15) is 23.4 Å². The van der Waals surface area contributed by atoms with Crippen molar-refractivity contribution in [3.05, 3.63) is 77.7 Å². The Morgan fingerprint density at radius 3 is 2.52 bits per heavy atom. The van der Waals surface area contributed by atoms with E-state index in [0.29, 0.717) is 18.1 Å². The van der Waals surface area contributed by atoms with Crippen molar-refractivity contribution < 1.29 is 14.0 Å². The van der Waals surface area contributed by atoms with Gasteiger partial charge in [-0.2, -0.15) is 10.2 Å². The van der Waals surface area contributed by atoms with E-state index in [1.165, 1.54) is 29.3 Å². The number of hydrogen-bond acceptors (Lipinski definition) is 5. The molecule has 0 saturated heterocycles. The molecule has 2 amide bonds. The fraction of sp³-hybridized carbons (Fsp3) is 0.182. The van der Waals surface area contributed by atoms with Crippen LogP contribution in [0.4, 0.5) is 15.9 Å². The van der Waals surface area contributed by atoms with Gasteiger partial charge in [0.25, 0.3) is 5.91 Å². The minimum Gasteiger partial charge on any atom is -0.368 e. The molecule has 3 N–H and O–H groups in total. The van der Waals surface area contributed by atoms with Gasteiger partial charge in [-0.1, -0.05) is 29.8 Å². The largest absolute Gasteiger partial charge is 0.368 e. The number of nitrogens with one attached hydrogen (secondary N) is 1. The molecule has 2 aromatic carbocycles. The Labute approximate surface area is 178 Å². The molecule has 2 heterocycles. The lowest BCUT2D eigenvalue weighted by molar-refractivity contribution is -0.119. The number of nitrogens with two attached hydrogens (primary N) is 1. The lowest BCUT2D eigenvalue weighted by Gasteiger charge is -2.20. The molecule has 1 atom stereocenters. The lowest BCUT2D eigenvalue weighted by atomic mass is 10.1. The first-order chi connectivity index (χ1) is 14.9. The molecule has 0 spiro atoms. The van der Waals surface area contributed by atoms with Gasteiger partial charge in [0, 0.05) is 12.5 Å². The minimum atomic E-state index is -0.830. The van der Waals surface area contributed by atoms with Crippen molar-refractivity contribution in [1.82, 2.24) is 9.78 Å². The number of carbonyl (C=O) groups excluding carboxylic acids is 2. The first kappa shape index (κ1) is 20.3. The smallest absolute Gasteiger partial charge is 0.273 e. The highest BCUT2D eigenvalue weighted by atomic mass is 19.1. The van der Waals surface area contributed by atoms with E-state index in [1.807, 2.05) is 31.2 Å². The predicted octanol–water partition coefficient (Wildman–Crippen LogP) is 2.44. The average Bonchev–Trinajstić information content (AvgIpc) is 3.38. The van der Waals surface area contributed by atoms with Gasteiger partial charge in [-0.3, -0.25) is 14.6 Å². The third kappa shape index (κ3) is 4.45. The summed E-state index contributed by atoms with van der Waals surface area (Å²) in [5.74, 6) is -0.992. The van der Waals surface area contributed by atoms with Gasteiger partial charge in [-0.25, -0.2) is 9.07 Å². The van der Waals surface area contributed by atoms with E-state index >= 15 is 0 Å². The zero-order valence-corrected chi connectivity index (χ0v) is 16.8. The highest BCUT2D eigenvalue weighted by Gasteiger charge is 2.35. The summed E-state index contributed by atoms with van der Waals surface area (Å²) in [5, 5.41) is 12.7. The van der Waals surface area contributed by atoms with Crippen molar-refractivity contribution in [2.45, 2.75) is 25.9 Å². The van der Waals surface area contributed by atoms with Crippen molar-refractivity contribution in [3.8, 4) is 0 Å². The summed E-state index contributed by atoms with van der Waals surface area (Å²) in [7, 11) is 0. The Bertz CT molecular complexity index is 1140. The second kappa shape index (κ2) is 8.39. The van der Waals surface area contributed by atoms with Gasteiger partial charge in [0.15, 0.2) is 0 Å². The molecule has 0 fully saturated rings. The highest BCUT2D eigenvalue weighted by Crippen LogP contribution is 2.25. The quantitative estimate of drug-likeness (QED) is 0.639. The molecule has 0 saturated carbocycles. The van der Waals surface area contributed by atoms with Crippen LogP contribution in [0.25, 0.3) is 0 Å². The number of halogens is 1. The third-order valence-electron chi connectivity index (χ3n) is 5.00. The van der Waals surface area contributed by atoms with Crippen LogP contribution in [0.1, 0.15) is 17.5 Å². The fourth-order valence-corrected chi connectivity index (χ4v) is 3.32. The molecule has 1 aliphatic heterocycles. The number of rotatable bonds is 6. The highest BCUT2D eigenvalue weighted by molar-refractivity contribution is 6.44. The molecular formula is C22H21FN6O2. The molecule has 0 bridgehead atoms. The van der Waals surface area contributed by atoms with Gasteiger partial charge in [-0.05, 0) is 36.8 Å². The van der Waals surface area contributed by atoms with Gasteiger partial charge in [0.05, 0.1) is 18.4 Å². The van der Waals surface area contributed by atoms with Crippen LogP contribution in [0.15, 0.2) is 65.9 Å². The molecule has 3 aromatic rings. The Morgan fingerprint density at radius 1 is 1.13 bits per heavy atom. The second-order valence-corrected chi connectivity index (χ2v) is 7.30. The van der Waals surface area contributed by atoms with E-state index in [2.05, 4.69) is 15.5 Å². The molecule has 0 aliphatic carbocycles. The number of anilines is 2. The lowest BCUT2D eigenvalue weighted by Crippen LogP contribution is -2.39.